The summed E-state index contributed by atoms with van der Waals surface area (Å²) >= 11 is 0. The molecule has 0 fully saturated rings. The number of carbonyl (C=O) groups excluding carboxylic acids is 2. The summed E-state index contributed by atoms with van der Waals surface area (Å²) in [5.41, 5.74) is 0.511. The molecule has 0 aromatic heterocycles. The van der Waals surface area contributed by atoms with Crippen LogP contribution in [0.15, 0.2) is 30.3 Å². The highest BCUT2D eigenvalue weighted by Gasteiger charge is 2.27. The highest BCUT2D eigenvalue weighted by atomic mass is 16.6. The average Bonchev–Trinajstić information content (AvgIpc) is 2.35. The molecule has 1 aromatic rings. The van der Waals surface area contributed by atoms with Gasteiger partial charge in [0.15, 0.2) is 0 Å². The number of esters is 1. The van der Waals surface area contributed by atoms with Gasteiger partial charge in [-0.1, -0.05) is 30.3 Å². The Morgan fingerprint density at radius 1 is 1.21 bits per heavy atom. The number of benzene rings is 1. The Morgan fingerprint density at radius 2 is 1.84 bits per heavy atom. The lowest BCUT2D eigenvalue weighted by Gasteiger charge is -2.29. The minimum Gasteiger partial charge on any atom is -0.458 e. The van der Waals surface area contributed by atoms with E-state index >= 15 is 0 Å². The average molecular weight is 263 g/mol. The van der Waals surface area contributed by atoms with E-state index in [4.69, 9.17) is 4.74 Å². The van der Waals surface area contributed by atoms with Crippen molar-refractivity contribution >= 4 is 11.9 Å². The van der Waals surface area contributed by atoms with Crippen molar-refractivity contribution in [2.75, 3.05) is 6.54 Å². The Morgan fingerprint density at radius 3 is 2.37 bits per heavy atom. The van der Waals surface area contributed by atoms with Crippen molar-refractivity contribution in [1.29, 1.82) is 0 Å². The summed E-state index contributed by atoms with van der Waals surface area (Å²) in [4.78, 5) is 22.2. The molecule has 1 N–H and O–H groups in total. The Bertz CT molecular complexity index is 430. The summed E-state index contributed by atoms with van der Waals surface area (Å²) in [5, 5.41) is 2.71. The second-order valence-electron chi connectivity index (χ2n) is 4.94. The Labute approximate surface area is 114 Å². The summed E-state index contributed by atoms with van der Waals surface area (Å²) in [6.07, 6.45) is 1.46. The number of hydrogen-bond donors (Lipinski definition) is 1. The molecular formula is C15H21NO3. The zero-order chi connectivity index (χ0) is 14.3. The van der Waals surface area contributed by atoms with E-state index in [0.29, 0.717) is 13.0 Å². The van der Waals surface area contributed by atoms with Gasteiger partial charge in [0.1, 0.15) is 5.60 Å². The normalized spacial score (nSPS) is 13.4. The Hall–Kier alpha value is -1.84. The molecule has 0 aliphatic rings. The highest BCUT2D eigenvalue weighted by Crippen LogP contribution is 2.18. The van der Waals surface area contributed by atoms with Crippen molar-refractivity contribution in [3.63, 3.8) is 0 Å². The molecule has 1 aromatic carbocycles. The van der Waals surface area contributed by atoms with Gasteiger partial charge in [-0.15, -0.1) is 0 Å². The van der Waals surface area contributed by atoms with Gasteiger partial charge in [0.25, 0.3) is 0 Å². The van der Waals surface area contributed by atoms with Crippen LogP contribution in [0.3, 0.4) is 0 Å². The Kier molecular flexibility index (Phi) is 5.55. The zero-order valence-electron chi connectivity index (χ0n) is 11.7. The maximum absolute atomic E-state index is 11.2. The molecule has 4 heteroatoms. The first-order valence-corrected chi connectivity index (χ1v) is 6.39. The first kappa shape index (κ1) is 15.2. The van der Waals surface area contributed by atoms with Crippen LogP contribution in [0.1, 0.15) is 32.8 Å². The first-order valence-electron chi connectivity index (χ1n) is 6.39. The van der Waals surface area contributed by atoms with E-state index < -0.39 is 5.60 Å². The van der Waals surface area contributed by atoms with Crippen LogP contribution in [-0.2, 0) is 20.7 Å². The minimum absolute atomic E-state index is 0.127. The maximum atomic E-state index is 11.2. The third kappa shape index (κ3) is 6.04. The molecule has 4 nitrogen and oxygen atoms in total. The standard InChI is InChI=1S/C15H21NO3/c1-12(17)16-11-15(3,19-13(2)18)10-9-14-7-5-4-6-8-14/h4-8H,9-11H2,1-3H3,(H,16,17)/t15-/m0/s1. The predicted octanol–water partition coefficient (Wildman–Crippen LogP) is 2.08. The van der Waals surface area contributed by atoms with Gasteiger partial charge in [0.2, 0.25) is 5.91 Å². The number of rotatable bonds is 6. The molecule has 0 radical (unpaired) electrons. The molecule has 0 saturated heterocycles. The second-order valence-corrected chi connectivity index (χ2v) is 4.94. The molecule has 19 heavy (non-hydrogen) atoms. The monoisotopic (exact) mass is 263 g/mol. The van der Waals surface area contributed by atoms with Gasteiger partial charge in [-0.05, 0) is 25.3 Å². The number of hydrogen-bond acceptors (Lipinski definition) is 3. The summed E-state index contributed by atoms with van der Waals surface area (Å²) in [6, 6.07) is 9.99. The van der Waals surface area contributed by atoms with E-state index in [1.165, 1.54) is 19.4 Å². The third-order valence-electron chi connectivity index (χ3n) is 2.89. The van der Waals surface area contributed by atoms with Gasteiger partial charge in [-0.3, -0.25) is 9.59 Å². The van der Waals surface area contributed by atoms with Crippen LogP contribution in [-0.4, -0.2) is 24.0 Å². The molecule has 0 heterocycles. The number of nitrogens with one attached hydrogen (secondary N) is 1. The van der Waals surface area contributed by atoms with Crippen molar-refractivity contribution in [2.45, 2.75) is 39.2 Å². The van der Waals surface area contributed by atoms with Crippen molar-refractivity contribution in [3.05, 3.63) is 35.9 Å². The first-order chi connectivity index (χ1) is 8.91. The number of amides is 1. The molecule has 0 saturated carbocycles. The van der Waals surface area contributed by atoms with E-state index in [2.05, 4.69) is 5.32 Å². The van der Waals surface area contributed by atoms with E-state index in [0.717, 1.165) is 6.42 Å². The lowest BCUT2D eigenvalue weighted by Crippen LogP contribution is -2.43. The van der Waals surface area contributed by atoms with Crippen molar-refractivity contribution in [2.24, 2.45) is 0 Å². The van der Waals surface area contributed by atoms with Gasteiger partial charge >= 0.3 is 5.97 Å². The van der Waals surface area contributed by atoms with E-state index in [9.17, 15) is 9.59 Å². The van der Waals surface area contributed by atoms with Crippen LogP contribution in [0, 0.1) is 0 Å². The van der Waals surface area contributed by atoms with E-state index in [1.54, 1.807) is 0 Å². The summed E-state index contributed by atoms with van der Waals surface area (Å²) < 4.78 is 5.36. The highest BCUT2D eigenvalue weighted by molar-refractivity contribution is 5.73. The van der Waals surface area contributed by atoms with Gasteiger partial charge in [-0.2, -0.15) is 0 Å². The molecule has 1 amide bonds. The van der Waals surface area contributed by atoms with Crippen molar-refractivity contribution in [3.8, 4) is 0 Å². The Balaban J connectivity index is 2.62. The topological polar surface area (TPSA) is 55.4 Å². The van der Waals surface area contributed by atoms with Crippen LogP contribution >= 0.6 is 0 Å². The SMILES string of the molecule is CC(=O)NC[C@](C)(CCc1ccccc1)OC(C)=O. The molecule has 0 spiro atoms. The quantitative estimate of drug-likeness (QED) is 0.799. The molecule has 1 rings (SSSR count). The summed E-state index contributed by atoms with van der Waals surface area (Å²) in [5.74, 6) is -0.459. The van der Waals surface area contributed by atoms with Crippen molar-refractivity contribution in [1.82, 2.24) is 5.32 Å². The summed E-state index contributed by atoms with van der Waals surface area (Å²) in [6.45, 7) is 5.00. The fraction of sp³-hybridized carbons (Fsp3) is 0.467. The van der Waals surface area contributed by atoms with Gasteiger partial charge in [0, 0.05) is 13.8 Å². The van der Waals surface area contributed by atoms with Crippen LogP contribution in [0.5, 0.6) is 0 Å². The fourth-order valence-corrected chi connectivity index (χ4v) is 1.89. The number of aryl methyl sites for hydroxylation is 1. The lowest BCUT2D eigenvalue weighted by atomic mass is 9.96. The molecule has 104 valence electrons. The fourth-order valence-electron chi connectivity index (χ4n) is 1.89. The zero-order valence-corrected chi connectivity index (χ0v) is 11.7. The van der Waals surface area contributed by atoms with Crippen LogP contribution < -0.4 is 5.32 Å². The molecule has 0 aliphatic heterocycles. The van der Waals surface area contributed by atoms with E-state index in [1.807, 2.05) is 37.3 Å². The van der Waals surface area contributed by atoms with Gasteiger partial charge < -0.3 is 10.1 Å². The number of ether oxygens (including phenoxy) is 1. The van der Waals surface area contributed by atoms with Gasteiger partial charge in [-0.25, -0.2) is 0 Å². The summed E-state index contributed by atoms with van der Waals surface area (Å²) in [7, 11) is 0. The van der Waals surface area contributed by atoms with Crippen LogP contribution in [0.2, 0.25) is 0 Å². The second kappa shape index (κ2) is 6.92. The molecule has 0 unspecified atom stereocenters. The van der Waals surface area contributed by atoms with Crippen LogP contribution in [0.25, 0.3) is 0 Å². The van der Waals surface area contributed by atoms with Crippen molar-refractivity contribution < 1.29 is 14.3 Å². The smallest absolute Gasteiger partial charge is 0.303 e. The largest absolute Gasteiger partial charge is 0.458 e. The molecule has 0 aliphatic carbocycles. The number of carbonyl (C=O) groups is 2. The predicted molar refractivity (Wildman–Crippen MR) is 73.6 cm³/mol. The molecule has 0 bridgehead atoms. The van der Waals surface area contributed by atoms with E-state index in [-0.39, 0.29) is 11.9 Å². The molecular weight excluding hydrogens is 242 g/mol. The van der Waals surface area contributed by atoms with Gasteiger partial charge in [0.05, 0.1) is 6.54 Å². The lowest BCUT2D eigenvalue weighted by molar-refractivity contribution is -0.156. The third-order valence-corrected chi connectivity index (χ3v) is 2.89. The maximum Gasteiger partial charge on any atom is 0.303 e. The molecule has 1 atom stereocenters. The van der Waals surface area contributed by atoms with Crippen LogP contribution in [0.4, 0.5) is 0 Å². The minimum atomic E-state index is -0.673.